The van der Waals surface area contributed by atoms with Crippen LogP contribution in [0.4, 0.5) is 11.4 Å². The molecule has 0 aliphatic carbocycles. The van der Waals surface area contributed by atoms with Crippen LogP contribution in [0.2, 0.25) is 10.0 Å². The molecule has 0 aliphatic rings. The summed E-state index contributed by atoms with van der Waals surface area (Å²) in [6.07, 6.45) is 0. The third kappa shape index (κ3) is 4.11. The van der Waals surface area contributed by atoms with Crippen molar-refractivity contribution in [1.29, 1.82) is 0 Å². The summed E-state index contributed by atoms with van der Waals surface area (Å²) in [6, 6.07) is 8.98. The Bertz CT molecular complexity index is 885. The van der Waals surface area contributed by atoms with Gasteiger partial charge in [0.05, 0.1) is 17.8 Å². The lowest BCUT2D eigenvalue weighted by atomic mass is 10.3. The van der Waals surface area contributed by atoms with E-state index in [4.69, 9.17) is 27.9 Å². The number of sulfonamides is 1. The molecule has 0 bridgehead atoms. The first-order chi connectivity index (χ1) is 11.2. The van der Waals surface area contributed by atoms with Crippen LogP contribution < -0.4 is 14.8 Å². The van der Waals surface area contributed by atoms with E-state index >= 15 is 0 Å². The molecule has 2 aromatic carbocycles. The second kappa shape index (κ2) is 7.29. The molecule has 0 saturated heterocycles. The predicted octanol–water partition coefficient (Wildman–Crippen LogP) is 3.76. The van der Waals surface area contributed by atoms with E-state index in [-0.39, 0.29) is 32.3 Å². The number of halogens is 2. The predicted molar refractivity (Wildman–Crippen MR) is 94.6 cm³/mol. The number of anilines is 2. The quantitative estimate of drug-likeness (QED) is 0.816. The average molecular weight is 389 g/mol. The number of benzene rings is 2. The summed E-state index contributed by atoms with van der Waals surface area (Å²) in [6.45, 7) is 1.36. The van der Waals surface area contributed by atoms with E-state index in [0.717, 1.165) is 0 Å². The van der Waals surface area contributed by atoms with Crippen molar-refractivity contribution in [2.24, 2.45) is 0 Å². The lowest BCUT2D eigenvalue weighted by molar-refractivity contribution is -0.114. The number of rotatable bonds is 5. The van der Waals surface area contributed by atoms with E-state index < -0.39 is 10.0 Å². The van der Waals surface area contributed by atoms with Crippen molar-refractivity contribution in [2.45, 2.75) is 11.8 Å². The summed E-state index contributed by atoms with van der Waals surface area (Å²) in [4.78, 5) is 10.9. The number of carbonyl (C=O) groups is 1. The molecule has 0 aromatic heterocycles. The highest BCUT2D eigenvalue weighted by Gasteiger charge is 2.22. The summed E-state index contributed by atoms with van der Waals surface area (Å²) < 4.78 is 32.4. The van der Waals surface area contributed by atoms with E-state index in [1.807, 2.05) is 0 Å². The topological polar surface area (TPSA) is 84.5 Å². The second-order valence-corrected chi connectivity index (χ2v) is 7.17. The third-order valence-electron chi connectivity index (χ3n) is 2.96. The maximum atomic E-state index is 12.5. The first-order valence-corrected chi connectivity index (χ1v) is 8.91. The largest absolute Gasteiger partial charge is 0.495 e. The zero-order chi connectivity index (χ0) is 17.9. The molecule has 2 rings (SSSR count). The second-order valence-electron chi connectivity index (χ2n) is 4.76. The summed E-state index contributed by atoms with van der Waals surface area (Å²) in [5.41, 5.74) is 0.728. The van der Waals surface area contributed by atoms with Crippen molar-refractivity contribution >= 4 is 50.5 Å². The average Bonchev–Trinajstić information content (AvgIpc) is 2.49. The first-order valence-electron chi connectivity index (χ1n) is 6.67. The summed E-state index contributed by atoms with van der Waals surface area (Å²) in [7, 11) is -2.57. The number of methoxy groups -OCH3 is 1. The zero-order valence-corrected chi connectivity index (χ0v) is 15.1. The Kier molecular flexibility index (Phi) is 5.58. The molecule has 0 fully saturated rings. The van der Waals surface area contributed by atoms with Crippen LogP contribution >= 0.6 is 23.2 Å². The van der Waals surface area contributed by atoms with E-state index in [0.29, 0.717) is 5.69 Å². The van der Waals surface area contributed by atoms with Crippen LogP contribution in [0.25, 0.3) is 0 Å². The van der Waals surface area contributed by atoms with Crippen molar-refractivity contribution in [1.82, 2.24) is 0 Å². The molecule has 0 radical (unpaired) electrons. The van der Waals surface area contributed by atoms with E-state index in [1.54, 1.807) is 18.2 Å². The minimum Gasteiger partial charge on any atom is -0.495 e. The van der Waals surface area contributed by atoms with Gasteiger partial charge in [-0.15, -0.1) is 0 Å². The molecule has 9 heteroatoms. The van der Waals surface area contributed by atoms with Crippen LogP contribution in [0.5, 0.6) is 5.75 Å². The zero-order valence-electron chi connectivity index (χ0n) is 12.8. The van der Waals surface area contributed by atoms with Crippen molar-refractivity contribution in [3.63, 3.8) is 0 Å². The summed E-state index contributed by atoms with van der Waals surface area (Å²) in [5, 5.41) is 2.44. The Hall–Kier alpha value is -1.96. The highest BCUT2D eigenvalue weighted by Crippen LogP contribution is 2.37. The molecule has 6 nitrogen and oxygen atoms in total. The molecule has 0 heterocycles. The molecule has 0 aliphatic heterocycles. The van der Waals surface area contributed by atoms with Crippen LogP contribution in [0.1, 0.15) is 6.92 Å². The van der Waals surface area contributed by atoms with Crippen LogP contribution in [-0.2, 0) is 14.8 Å². The molecular formula is C15H14Cl2N2O4S. The molecule has 0 atom stereocenters. The number of nitrogens with one attached hydrogen (secondary N) is 2. The molecule has 2 aromatic rings. The fourth-order valence-corrected chi connectivity index (χ4v) is 3.84. The summed E-state index contributed by atoms with van der Waals surface area (Å²) in [5.74, 6) is 0.00765. The van der Waals surface area contributed by atoms with E-state index in [1.165, 1.54) is 32.2 Å². The molecule has 128 valence electrons. The van der Waals surface area contributed by atoms with Gasteiger partial charge in [0, 0.05) is 12.6 Å². The maximum absolute atomic E-state index is 12.5. The van der Waals surface area contributed by atoms with Gasteiger partial charge >= 0.3 is 0 Å². The van der Waals surface area contributed by atoms with Gasteiger partial charge in [-0.3, -0.25) is 9.52 Å². The van der Waals surface area contributed by atoms with Gasteiger partial charge in [-0.25, -0.2) is 8.42 Å². The fourth-order valence-electron chi connectivity index (χ4n) is 1.95. The van der Waals surface area contributed by atoms with Crippen LogP contribution in [0, 0.1) is 0 Å². The Morgan fingerprint density at radius 2 is 1.75 bits per heavy atom. The van der Waals surface area contributed by atoms with Gasteiger partial charge in [0.25, 0.3) is 10.0 Å². The Labute approximate surface area is 149 Å². The molecule has 0 saturated carbocycles. The van der Waals surface area contributed by atoms with Gasteiger partial charge < -0.3 is 10.1 Å². The fraction of sp³-hybridized carbons (Fsp3) is 0.133. The van der Waals surface area contributed by atoms with Gasteiger partial charge in [0.15, 0.2) is 0 Å². The molecule has 2 N–H and O–H groups in total. The van der Waals surface area contributed by atoms with Gasteiger partial charge in [-0.1, -0.05) is 29.3 Å². The van der Waals surface area contributed by atoms with E-state index in [2.05, 4.69) is 10.0 Å². The Morgan fingerprint density at radius 3 is 2.38 bits per heavy atom. The van der Waals surface area contributed by atoms with Crippen molar-refractivity contribution < 1.29 is 17.9 Å². The minimum atomic E-state index is -3.97. The lowest BCUT2D eigenvalue weighted by Gasteiger charge is -2.13. The third-order valence-corrected chi connectivity index (χ3v) is 5.36. The van der Waals surface area contributed by atoms with Crippen LogP contribution in [0.15, 0.2) is 41.3 Å². The standard InChI is InChI=1S/C15H14Cl2N2O4S/c1-9(20)18-10-4-3-5-11(8-10)19-24(21,22)13-7-6-12(23-2)14(16)15(13)17/h3-8,19H,1-2H3,(H,18,20). The number of amides is 1. The number of carbonyl (C=O) groups excluding carboxylic acids is 1. The van der Waals surface area contributed by atoms with Crippen molar-refractivity contribution in [2.75, 3.05) is 17.1 Å². The highest BCUT2D eigenvalue weighted by atomic mass is 35.5. The van der Waals surface area contributed by atoms with E-state index in [9.17, 15) is 13.2 Å². The monoisotopic (exact) mass is 388 g/mol. The first kappa shape index (κ1) is 18.4. The molecule has 1 amide bonds. The number of ether oxygens (including phenoxy) is 1. The number of hydrogen-bond donors (Lipinski definition) is 2. The van der Waals surface area contributed by atoms with Crippen LogP contribution in [0.3, 0.4) is 0 Å². The SMILES string of the molecule is COc1ccc(S(=O)(=O)Nc2cccc(NC(C)=O)c2)c(Cl)c1Cl. The normalized spacial score (nSPS) is 11.0. The van der Waals surface area contributed by atoms with Crippen LogP contribution in [-0.4, -0.2) is 21.4 Å². The number of hydrogen-bond acceptors (Lipinski definition) is 4. The molecule has 0 spiro atoms. The van der Waals surface area contributed by atoms with Gasteiger partial charge in [0.2, 0.25) is 5.91 Å². The van der Waals surface area contributed by atoms with Crippen molar-refractivity contribution in [3.8, 4) is 5.75 Å². The maximum Gasteiger partial charge on any atom is 0.263 e. The Morgan fingerprint density at radius 1 is 1.08 bits per heavy atom. The van der Waals surface area contributed by atoms with Gasteiger partial charge in [-0.2, -0.15) is 0 Å². The summed E-state index contributed by atoms with van der Waals surface area (Å²) >= 11 is 12.0. The molecule has 0 unspecified atom stereocenters. The molecule has 24 heavy (non-hydrogen) atoms. The van der Waals surface area contributed by atoms with Crippen molar-refractivity contribution in [3.05, 3.63) is 46.4 Å². The van der Waals surface area contributed by atoms with Gasteiger partial charge in [0.1, 0.15) is 15.7 Å². The molecular weight excluding hydrogens is 375 g/mol. The Balaban J connectivity index is 2.36. The minimum absolute atomic E-state index is 0.00837. The van der Waals surface area contributed by atoms with Gasteiger partial charge in [-0.05, 0) is 30.3 Å². The lowest BCUT2D eigenvalue weighted by Crippen LogP contribution is -2.14. The smallest absolute Gasteiger partial charge is 0.263 e. The highest BCUT2D eigenvalue weighted by molar-refractivity contribution is 7.92.